The fraction of sp³-hybridized carbons (Fsp3) is 0.500. The number of benzene rings is 1. The van der Waals surface area contributed by atoms with Gasteiger partial charge in [0.1, 0.15) is 6.04 Å². The molecule has 0 bridgehead atoms. The highest BCUT2D eigenvalue weighted by Crippen LogP contribution is 2.26. The summed E-state index contributed by atoms with van der Waals surface area (Å²) in [4.78, 5) is 11.0. The van der Waals surface area contributed by atoms with Crippen LogP contribution in [0.2, 0.25) is 0 Å². The maximum Gasteiger partial charge on any atom is 0.323 e. The minimum absolute atomic E-state index is 0.0730. The van der Waals surface area contributed by atoms with E-state index >= 15 is 0 Å². The first-order chi connectivity index (χ1) is 8.49. The Morgan fingerprint density at radius 1 is 1.44 bits per heavy atom. The van der Waals surface area contributed by atoms with Gasteiger partial charge in [0.15, 0.2) is 0 Å². The molecule has 1 aliphatic rings. The van der Waals surface area contributed by atoms with Crippen molar-refractivity contribution in [1.82, 2.24) is 5.32 Å². The molecule has 1 aromatic rings. The maximum absolute atomic E-state index is 11.0. The Hall–Kier alpha value is -1.39. The summed E-state index contributed by atoms with van der Waals surface area (Å²) < 4.78 is 5.82. The summed E-state index contributed by atoms with van der Waals surface area (Å²) in [6.45, 7) is 6.44. The quantitative estimate of drug-likeness (QED) is 0.839. The molecule has 0 spiro atoms. The summed E-state index contributed by atoms with van der Waals surface area (Å²) in [6, 6.07) is 5.61. The minimum atomic E-state index is -0.860. The summed E-state index contributed by atoms with van der Waals surface area (Å²) >= 11 is 0. The predicted molar refractivity (Wildman–Crippen MR) is 68.6 cm³/mol. The van der Waals surface area contributed by atoms with Gasteiger partial charge in [-0.2, -0.15) is 0 Å². The molecule has 0 saturated carbocycles. The molecule has 4 heteroatoms. The van der Waals surface area contributed by atoms with Gasteiger partial charge in [0, 0.05) is 6.54 Å². The lowest BCUT2D eigenvalue weighted by molar-refractivity contribution is -0.149. The lowest BCUT2D eigenvalue weighted by Gasteiger charge is -2.34. The number of ether oxygens (including phenoxy) is 1. The average molecular weight is 249 g/mol. The fourth-order valence-electron chi connectivity index (χ4n) is 2.44. The van der Waals surface area contributed by atoms with Gasteiger partial charge in [-0.15, -0.1) is 0 Å². The first-order valence-corrected chi connectivity index (χ1v) is 6.18. The Morgan fingerprint density at radius 2 is 2.17 bits per heavy atom. The molecule has 2 N–H and O–H groups in total. The van der Waals surface area contributed by atoms with Gasteiger partial charge in [-0.25, -0.2) is 0 Å². The summed E-state index contributed by atoms with van der Waals surface area (Å²) in [5.41, 5.74) is 3.53. The number of aliphatic carboxylic acids is 1. The minimum Gasteiger partial charge on any atom is -0.480 e. The number of hydrogen-bond acceptors (Lipinski definition) is 3. The van der Waals surface area contributed by atoms with E-state index in [4.69, 9.17) is 9.84 Å². The number of morpholine rings is 1. The molecule has 4 nitrogen and oxygen atoms in total. The van der Waals surface area contributed by atoms with Crippen molar-refractivity contribution in [3.05, 3.63) is 34.9 Å². The van der Waals surface area contributed by atoms with E-state index in [0.29, 0.717) is 6.54 Å². The number of carboxylic acids is 1. The number of carboxylic acid groups (broad SMARTS) is 1. The standard InChI is InChI=1S/C14H19NO3/c1-8-4-5-11(9(2)6-8)12-7-15-13(14(16)17)10(3)18-12/h4-6,10,12-13,15H,7H2,1-3H3,(H,16,17). The van der Waals surface area contributed by atoms with Crippen LogP contribution in [-0.2, 0) is 9.53 Å². The van der Waals surface area contributed by atoms with Crippen LogP contribution in [0.15, 0.2) is 18.2 Å². The third-order valence-corrected chi connectivity index (χ3v) is 3.41. The van der Waals surface area contributed by atoms with Crippen LogP contribution in [0.1, 0.15) is 29.7 Å². The zero-order chi connectivity index (χ0) is 13.3. The van der Waals surface area contributed by atoms with E-state index in [1.807, 2.05) is 0 Å². The third kappa shape index (κ3) is 2.54. The highest BCUT2D eigenvalue weighted by Gasteiger charge is 2.33. The molecule has 1 aliphatic heterocycles. The van der Waals surface area contributed by atoms with Crippen LogP contribution in [0.3, 0.4) is 0 Å². The molecule has 1 heterocycles. The molecule has 0 aromatic heterocycles. The van der Waals surface area contributed by atoms with Crippen LogP contribution in [0.4, 0.5) is 0 Å². The molecule has 18 heavy (non-hydrogen) atoms. The normalized spacial score (nSPS) is 28.1. The summed E-state index contributed by atoms with van der Waals surface area (Å²) in [5, 5.41) is 12.0. The van der Waals surface area contributed by atoms with Crippen LogP contribution in [0, 0.1) is 13.8 Å². The topological polar surface area (TPSA) is 58.6 Å². The Morgan fingerprint density at radius 3 is 2.72 bits per heavy atom. The van der Waals surface area contributed by atoms with E-state index in [-0.39, 0.29) is 12.2 Å². The Balaban J connectivity index is 2.15. The first-order valence-electron chi connectivity index (χ1n) is 6.18. The molecule has 0 amide bonds. The molecule has 98 valence electrons. The first kappa shape index (κ1) is 13.1. The Labute approximate surface area is 107 Å². The van der Waals surface area contributed by atoms with E-state index in [1.165, 1.54) is 11.1 Å². The number of rotatable bonds is 2. The van der Waals surface area contributed by atoms with Gasteiger partial charge >= 0.3 is 5.97 Å². The molecule has 1 aromatic carbocycles. The molecule has 3 unspecified atom stereocenters. The SMILES string of the molecule is Cc1ccc(C2CNC(C(=O)O)C(C)O2)c(C)c1. The van der Waals surface area contributed by atoms with E-state index < -0.39 is 12.0 Å². The van der Waals surface area contributed by atoms with E-state index in [2.05, 4.69) is 37.4 Å². The molecule has 2 rings (SSSR count). The fourth-order valence-corrected chi connectivity index (χ4v) is 2.44. The highest BCUT2D eigenvalue weighted by molar-refractivity contribution is 5.74. The van der Waals surface area contributed by atoms with Crippen LogP contribution >= 0.6 is 0 Å². The molecular formula is C14H19NO3. The van der Waals surface area contributed by atoms with Crippen LogP contribution in [-0.4, -0.2) is 29.8 Å². The monoisotopic (exact) mass is 249 g/mol. The van der Waals surface area contributed by atoms with Gasteiger partial charge in [-0.1, -0.05) is 23.8 Å². The second kappa shape index (κ2) is 5.08. The van der Waals surface area contributed by atoms with Crippen LogP contribution < -0.4 is 5.32 Å². The van der Waals surface area contributed by atoms with Gasteiger partial charge in [-0.3, -0.25) is 10.1 Å². The van der Waals surface area contributed by atoms with Gasteiger partial charge in [-0.05, 0) is 31.9 Å². The van der Waals surface area contributed by atoms with E-state index in [9.17, 15) is 4.79 Å². The van der Waals surface area contributed by atoms with Crippen molar-refractivity contribution in [2.45, 2.75) is 39.0 Å². The maximum atomic E-state index is 11.0. The summed E-state index contributed by atoms with van der Waals surface area (Å²) in [7, 11) is 0. The van der Waals surface area contributed by atoms with Crippen molar-refractivity contribution >= 4 is 5.97 Å². The van der Waals surface area contributed by atoms with Gasteiger partial charge in [0.05, 0.1) is 12.2 Å². The second-order valence-electron chi connectivity index (χ2n) is 4.91. The molecular weight excluding hydrogens is 230 g/mol. The van der Waals surface area contributed by atoms with Crippen LogP contribution in [0.5, 0.6) is 0 Å². The smallest absolute Gasteiger partial charge is 0.323 e. The van der Waals surface area contributed by atoms with Crippen molar-refractivity contribution in [3.8, 4) is 0 Å². The molecule has 0 aliphatic carbocycles. The summed E-state index contributed by atoms with van der Waals surface area (Å²) in [6.07, 6.45) is -0.404. The number of aryl methyl sites for hydroxylation is 2. The zero-order valence-corrected chi connectivity index (χ0v) is 10.9. The molecule has 1 saturated heterocycles. The lowest BCUT2D eigenvalue weighted by atomic mass is 9.98. The summed E-state index contributed by atoms with van der Waals surface area (Å²) in [5.74, 6) is -0.860. The third-order valence-electron chi connectivity index (χ3n) is 3.41. The number of hydrogen-bond donors (Lipinski definition) is 2. The van der Waals surface area contributed by atoms with Crippen molar-refractivity contribution in [3.63, 3.8) is 0 Å². The van der Waals surface area contributed by atoms with Crippen molar-refractivity contribution in [2.75, 3.05) is 6.54 Å². The van der Waals surface area contributed by atoms with Crippen molar-refractivity contribution < 1.29 is 14.6 Å². The van der Waals surface area contributed by atoms with Crippen molar-refractivity contribution in [1.29, 1.82) is 0 Å². The molecule has 3 atom stereocenters. The molecule has 0 radical (unpaired) electrons. The second-order valence-corrected chi connectivity index (χ2v) is 4.91. The molecule has 1 fully saturated rings. The van der Waals surface area contributed by atoms with E-state index in [0.717, 1.165) is 5.56 Å². The van der Waals surface area contributed by atoms with Crippen molar-refractivity contribution in [2.24, 2.45) is 0 Å². The Kier molecular flexibility index (Phi) is 3.68. The number of carbonyl (C=O) groups is 1. The lowest BCUT2D eigenvalue weighted by Crippen LogP contribution is -2.52. The number of nitrogens with one attached hydrogen (secondary N) is 1. The van der Waals surface area contributed by atoms with E-state index in [1.54, 1.807) is 6.92 Å². The average Bonchev–Trinajstić information content (AvgIpc) is 2.28. The van der Waals surface area contributed by atoms with Gasteiger partial charge in [0.2, 0.25) is 0 Å². The zero-order valence-electron chi connectivity index (χ0n) is 10.9. The largest absolute Gasteiger partial charge is 0.480 e. The van der Waals surface area contributed by atoms with Gasteiger partial charge < -0.3 is 9.84 Å². The Bertz CT molecular complexity index is 458. The van der Waals surface area contributed by atoms with Crippen LogP contribution in [0.25, 0.3) is 0 Å². The predicted octanol–water partition coefficient (Wildman–Crippen LogP) is 1.81. The van der Waals surface area contributed by atoms with Gasteiger partial charge in [0.25, 0.3) is 0 Å². The highest BCUT2D eigenvalue weighted by atomic mass is 16.5.